The predicted molar refractivity (Wildman–Crippen MR) is 56.6 cm³/mol. The normalized spacial score (nSPS) is 12.5. The van der Waals surface area contributed by atoms with E-state index in [1.165, 1.54) is 7.11 Å². The Kier molecular flexibility index (Phi) is 9.46. The summed E-state index contributed by atoms with van der Waals surface area (Å²) in [5, 5.41) is 12.0. The van der Waals surface area contributed by atoms with Crippen LogP contribution < -0.4 is 5.32 Å². The van der Waals surface area contributed by atoms with E-state index in [9.17, 15) is 9.90 Å². The highest BCUT2D eigenvalue weighted by atomic mass is 16.5. The van der Waals surface area contributed by atoms with Crippen LogP contribution in [0.2, 0.25) is 0 Å². The number of hydrogen-bond donors (Lipinski definition) is 2. The second-order valence-electron chi connectivity index (χ2n) is 3.34. The first-order chi connectivity index (χ1) is 7.20. The van der Waals surface area contributed by atoms with Crippen LogP contribution in [-0.4, -0.2) is 51.1 Å². The molecule has 2 N–H and O–H groups in total. The largest absolute Gasteiger partial charge is 0.391 e. The van der Waals surface area contributed by atoms with Gasteiger partial charge in [0.15, 0.2) is 0 Å². The van der Waals surface area contributed by atoms with E-state index in [0.29, 0.717) is 32.6 Å². The predicted octanol–water partition coefficient (Wildman–Crippen LogP) is -0.0734. The summed E-state index contributed by atoms with van der Waals surface area (Å²) in [5.41, 5.74) is 0. The molecule has 0 radical (unpaired) electrons. The van der Waals surface area contributed by atoms with Gasteiger partial charge in [0.1, 0.15) is 0 Å². The van der Waals surface area contributed by atoms with Gasteiger partial charge in [-0.1, -0.05) is 0 Å². The molecule has 0 aliphatic heterocycles. The van der Waals surface area contributed by atoms with Crippen molar-refractivity contribution < 1.29 is 19.4 Å². The Labute approximate surface area is 90.8 Å². The molecule has 5 nitrogen and oxygen atoms in total. The maximum Gasteiger partial charge on any atom is 0.220 e. The molecular formula is C10H21NO4. The van der Waals surface area contributed by atoms with Crippen molar-refractivity contribution in [2.45, 2.75) is 25.4 Å². The quantitative estimate of drug-likeness (QED) is 0.533. The molecule has 0 aromatic rings. The van der Waals surface area contributed by atoms with Crippen molar-refractivity contribution in [3.63, 3.8) is 0 Å². The lowest BCUT2D eigenvalue weighted by atomic mass is 10.2. The average Bonchev–Trinajstić information content (AvgIpc) is 2.18. The van der Waals surface area contributed by atoms with Gasteiger partial charge in [0.25, 0.3) is 0 Å². The van der Waals surface area contributed by atoms with Crippen molar-refractivity contribution in [1.29, 1.82) is 0 Å². The number of hydrogen-bond acceptors (Lipinski definition) is 4. The summed E-state index contributed by atoms with van der Waals surface area (Å²) < 4.78 is 9.59. The zero-order valence-corrected chi connectivity index (χ0v) is 9.49. The van der Waals surface area contributed by atoms with Crippen molar-refractivity contribution in [3.05, 3.63) is 0 Å². The third-order valence-electron chi connectivity index (χ3n) is 1.91. The van der Waals surface area contributed by atoms with Gasteiger partial charge in [0.2, 0.25) is 5.91 Å². The molecular weight excluding hydrogens is 198 g/mol. The SMILES string of the molecule is COCCCC(=O)NCCC(O)COC. The molecule has 1 unspecified atom stereocenters. The number of carbonyl (C=O) groups excluding carboxylic acids is 1. The van der Waals surface area contributed by atoms with E-state index in [2.05, 4.69) is 5.32 Å². The molecule has 0 spiro atoms. The van der Waals surface area contributed by atoms with Gasteiger partial charge in [0.05, 0.1) is 12.7 Å². The van der Waals surface area contributed by atoms with Gasteiger partial charge in [-0.15, -0.1) is 0 Å². The lowest BCUT2D eigenvalue weighted by Crippen LogP contribution is -2.28. The number of nitrogens with one attached hydrogen (secondary N) is 1. The maximum atomic E-state index is 11.2. The van der Waals surface area contributed by atoms with Crippen LogP contribution in [-0.2, 0) is 14.3 Å². The molecule has 0 rings (SSSR count). The number of rotatable bonds is 9. The van der Waals surface area contributed by atoms with E-state index in [1.807, 2.05) is 0 Å². The zero-order valence-electron chi connectivity index (χ0n) is 9.49. The summed E-state index contributed by atoms with van der Waals surface area (Å²) in [5.74, 6) is -0.00309. The van der Waals surface area contributed by atoms with Gasteiger partial charge in [-0.25, -0.2) is 0 Å². The summed E-state index contributed by atoms with van der Waals surface area (Å²) in [7, 11) is 3.14. The second-order valence-corrected chi connectivity index (χ2v) is 3.34. The topological polar surface area (TPSA) is 67.8 Å². The van der Waals surface area contributed by atoms with Crippen molar-refractivity contribution in [2.75, 3.05) is 34.0 Å². The number of amides is 1. The van der Waals surface area contributed by atoms with Crippen molar-refractivity contribution in [1.82, 2.24) is 5.32 Å². The smallest absolute Gasteiger partial charge is 0.220 e. The molecule has 0 heterocycles. The molecule has 1 atom stereocenters. The fourth-order valence-corrected chi connectivity index (χ4v) is 1.12. The number of ether oxygens (including phenoxy) is 2. The minimum absolute atomic E-state index is 0.00309. The molecule has 0 saturated heterocycles. The van der Waals surface area contributed by atoms with Crippen molar-refractivity contribution >= 4 is 5.91 Å². The van der Waals surface area contributed by atoms with Crippen molar-refractivity contribution in [3.8, 4) is 0 Å². The lowest BCUT2D eigenvalue weighted by Gasteiger charge is -2.09. The van der Waals surface area contributed by atoms with Crippen LogP contribution in [0.1, 0.15) is 19.3 Å². The van der Waals surface area contributed by atoms with Gasteiger partial charge in [-0.05, 0) is 12.8 Å². The van der Waals surface area contributed by atoms with E-state index in [4.69, 9.17) is 9.47 Å². The Morgan fingerprint density at radius 1 is 1.40 bits per heavy atom. The Morgan fingerprint density at radius 3 is 2.73 bits per heavy atom. The van der Waals surface area contributed by atoms with Crippen molar-refractivity contribution in [2.24, 2.45) is 0 Å². The molecule has 0 aromatic carbocycles. The highest BCUT2D eigenvalue weighted by Gasteiger charge is 2.04. The molecule has 5 heteroatoms. The monoisotopic (exact) mass is 219 g/mol. The molecule has 90 valence electrons. The summed E-state index contributed by atoms with van der Waals surface area (Å²) >= 11 is 0. The van der Waals surface area contributed by atoms with Crippen LogP contribution in [0, 0.1) is 0 Å². The molecule has 0 aliphatic carbocycles. The Morgan fingerprint density at radius 2 is 2.13 bits per heavy atom. The number of aliphatic hydroxyl groups excluding tert-OH is 1. The van der Waals surface area contributed by atoms with E-state index in [0.717, 1.165) is 6.42 Å². The van der Waals surface area contributed by atoms with E-state index in [1.54, 1.807) is 7.11 Å². The van der Waals surface area contributed by atoms with Crippen LogP contribution in [0.5, 0.6) is 0 Å². The summed E-state index contributed by atoms with van der Waals surface area (Å²) in [6.45, 7) is 1.38. The van der Waals surface area contributed by atoms with Crippen LogP contribution in [0.3, 0.4) is 0 Å². The Balaban J connectivity index is 3.30. The highest BCUT2D eigenvalue weighted by Crippen LogP contribution is 1.92. The first kappa shape index (κ1) is 14.3. The molecule has 15 heavy (non-hydrogen) atoms. The Bertz CT molecular complexity index is 164. The number of carbonyl (C=O) groups is 1. The standard InChI is InChI=1S/C10H21NO4/c1-14-7-3-4-10(13)11-6-5-9(12)8-15-2/h9,12H,3-8H2,1-2H3,(H,11,13). The fraction of sp³-hybridized carbons (Fsp3) is 0.900. The molecule has 0 aromatic heterocycles. The lowest BCUT2D eigenvalue weighted by molar-refractivity contribution is -0.121. The van der Waals surface area contributed by atoms with Crippen LogP contribution >= 0.6 is 0 Å². The highest BCUT2D eigenvalue weighted by molar-refractivity contribution is 5.75. The molecule has 0 bridgehead atoms. The van der Waals surface area contributed by atoms with Crippen LogP contribution in [0.15, 0.2) is 0 Å². The minimum atomic E-state index is -0.505. The summed E-state index contributed by atoms with van der Waals surface area (Å²) in [6.07, 6.45) is 1.20. The fourth-order valence-electron chi connectivity index (χ4n) is 1.12. The molecule has 0 fully saturated rings. The summed E-state index contributed by atoms with van der Waals surface area (Å²) in [4.78, 5) is 11.2. The third-order valence-corrected chi connectivity index (χ3v) is 1.91. The van der Waals surface area contributed by atoms with E-state index >= 15 is 0 Å². The molecule has 0 saturated carbocycles. The molecule has 1 amide bonds. The first-order valence-electron chi connectivity index (χ1n) is 5.13. The van der Waals surface area contributed by atoms with E-state index < -0.39 is 6.10 Å². The van der Waals surface area contributed by atoms with Crippen LogP contribution in [0.4, 0.5) is 0 Å². The van der Waals surface area contributed by atoms with Gasteiger partial charge in [-0.3, -0.25) is 4.79 Å². The third kappa shape index (κ3) is 9.65. The van der Waals surface area contributed by atoms with E-state index in [-0.39, 0.29) is 5.91 Å². The average molecular weight is 219 g/mol. The van der Waals surface area contributed by atoms with Gasteiger partial charge < -0.3 is 19.9 Å². The van der Waals surface area contributed by atoms with Gasteiger partial charge in [-0.2, -0.15) is 0 Å². The maximum absolute atomic E-state index is 11.2. The van der Waals surface area contributed by atoms with Crippen LogP contribution in [0.25, 0.3) is 0 Å². The van der Waals surface area contributed by atoms with Gasteiger partial charge >= 0.3 is 0 Å². The minimum Gasteiger partial charge on any atom is -0.391 e. The number of methoxy groups -OCH3 is 2. The van der Waals surface area contributed by atoms with Gasteiger partial charge in [0, 0.05) is 33.8 Å². The number of aliphatic hydroxyl groups is 1. The second kappa shape index (κ2) is 9.89. The first-order valence-corrected chi connectivity index (χ1v) is 5.13. The zero-order chi connectivity index (χ0) is 11.5. The molecule has 0 aliphatic rings. The Hall–Kier alpha value is -0.650. The summed E-state index contributed by atoms with van der Waals surface area (Å²) in [6, 6.07) is 0.